The Labute approximate surface area is 190 Å². The van der Waals surface area contributed by atoms with Crippen molar-refractivity contribution in [1.82, 2.24) is 15.0 Å². The average Bonchev–Trinajstić information content (AvgIpc) is 3.29. The van der Waals surface area contributed by atoms with Gasteiger partial charge in [0.05, 0.1) is 11.5 Å². The fourth-order valence-corrected chi connectivity index (χ4v) is 5.17. The molecular weight excluding hydrogens is 428 g/mol. The lowest BCUT2D eigenvalue weighted by atomic mass is 9.85. The van der Waals surface area contributed by atoms with E-state index in [1.165, 1.54) is 19.1 Å². The van der Waals surface area contributed by atoms with Crippen molar-refractivity contribution in [1.29, 1.82) is 0 Å². The molecule has 32 heavy (non-hydrogen) atoms. The van der Waals surface area contributed by atoms with Crippen molar-refractivity contribution in [2.75, 3.05) is 43.9 Å². The monoisotopic (exact) mass is 462 g/mol. The molecule has 1 aliphatic carbocycles. The molecule has 0 radical (unpaired) electrons. The van der Waals surface area contributed by atoms with E-state index in [2.05, 4.69) is 33.8 Å². The molecule has 1 saturated carbocycles. The third-order valence-corrected chi connectivity index (χ3v) is 7.73. The number of nitrogens with zero attached hydrogens (tertiary/aromatic N) is 4. The second-order valence-electron chi connectivity index (χ2n) is 9.34. The van der Waals surface area contributed by atoms with Crippen LogP contribution in [0.3, 0.4) is 0 Å². The van der Waals surface area contributed by atoms with Crippen LogP contribution in [0, 0.1) is 5.92 Å². The molecule has 0 spiro atoms. The predicted octanol–water partition coefficient (Wildman–Crippen LogP) is 3.36. The quantitative estimate of drug-likeness (QED) is 0.619. The fraction of sp³-hybridized carbons (Fsp3) is 0.652. The highest BCUT2D eigenvalue weighted by molar-refractivity contribution is 7.90. The van der Waals surface area contributed by atoms with Crippen LogP contribution in [0.4, 0.5) is 6.01 Å². The minimum Gasteiger partial charge on any atom is -0.493 e. The molecule has 2 fully saturated rings. The molecule has 176 valence electrons. The molecule has 0 bridgehead atoms. The number of piperazine rings is 1. The van der Waals surface area contributed by atoms with Crippen LogP contribution in [-0.4, -0.2) is 68.5 Å². The van der Waals surface area contributed by atoms with E-state index >= 15 is 0 Å². The second-order valence-corrected chi connectivity index (χ2v) is 11.4. The summed E-state index contributed by atoms with van der Waals surface area (Å²) in [4.78, 5) is 9.66. The molecule has 4 rings (SSSR count). The van der Waals surface area contributed by atoms with Crippen molar-refractivity contribution >= 4 is 15.9 Å². The van der Waals surface area contributed by atoms with Crippen LogP contribution in [0.25, 0.3) is 0 Å². The first kappa shape index (κ1) is 23.0. The summed E-state index contributed by atoms with van der Waals surface area (Å²) in [5.41, 5.74) is 0. The Hall–Kier alpha value is -2.13. The van der Waals surface area contributed by atoms with Crippen LogP contribution >= 0.6 is 0 Å². The largest absolute Gasteiger partial charge is 0.493 e. The van der Waals surface area contributed by atoms with Gasteiger partial charge in [0.25, 0.3) is 0 Å². The van der Waals surface area contributed by atoms with Crippen molar-refractivity contribution in [2.45, 2.75) is 56.4 Å². The van der Waals surface area contributed by atoms with Crippen LogP contribution < -0.4 is 9.64 Å². The van der Waals surface area contributed by atoms with Crippen LogP contribution in [0.15, 0.2) is 33.7 Å². The minimum absolute atomic E-state index is 0.278. The highest BCUT2D eigenvalue weighted by Crippen LogP contribution is 2.29. The summed E-state index contributed by atoms with van der Waals surface area (Å²) >= 11 is 0. The molecule has 8 nitrogen and oxygen atoms in total. The maximum absolute atomic E-state index is 11.6. The summed E-state index contributed by atoms with van der Waals surface area (Å²) in [6.07, 6.45) is 5.93. The molecule has 0 amide bonds. The third-order valence-electron chi connectivity index (χ3n) is 6.60. The van der Waals surface area contributed by atoms with Gasteiger partial charge in [0.2, 0.25) is 0 Å². The van der Waals surface area contributed by atoms with Gasteiger partial charge >= 0.3 is 6.01 Å². The number of hydrogen-bond acceptors (Lipinski definition) is 8. The highest BCUT2D eigenvalue weighted by Gasteiger charge is 2.30. The van der Waals surface area contributed by atoms with E-state index < -0.39 is 9.84 Å². The molecular formula is C23H34N4O4S. The number of rotatable bonds is 7. The van der Waals surface area contributed by atoms with Gasteiger partial charge in [0.1, 0.15) is 5.75 Å². The molecule has 0 atom stereocenters. The molecule has 2 aliphatic rings. The Kier molecular flexibility index (Phi) is 7.05. The fourth-order valence-electron chi connectivity index (χ4n) is 4.54. The predicted molar refractivity (Wildman–Crippen MR) is 123 cm³/mol. The van der Waals surface area contributed by atoms with Gasteiger partial charge in [-0.3, -0.25) is 4.90 Å². The van der Waals surface area contributed by atoms with E-state index in [1.54, 1.807) is 24.3 Å². The molecule has 1 aromatic heterocycles. The van der Waals surface area contributed by atoms with Crippen LogP contribution in [0.5, 0.6) is 5.75 Å². The standard InChI is InChI=1S/C23H34N4O4S/c1-17(2)22-24-23(31-25-22)27-14-12-26(13-15-27)19-6-4-18(5-7-19)16-30-20-8-10-21(11-9-20)32(3,28)29/h8-11,17-19H,4-7,12-16H2,1-3H3. The van der Waals surface area contributed by atoms with Crippen molar-refractivity contribution in [3.63, 3.8) is 0 Å². The van der Waals surface area contributed by atoms with Gasteiger partial charge in [-0.15, -0.1) is 0 Å². The summed E-state index contributed by atoms with van der Waals surface area (Å²) < 4.78 is 34.5. The zero-order valence-electron chi connectivity index (χ0n) is 19.2. The Morgan fingerprint density at radius 2 is 1.72 bits per heavy atom. The zero-order chi connectivity index (χ0) is 22.7. The molecule has 0 N–H and O–H groups in total. The van der Waals surface area contributed by atoms with Gasteiger partial charge in [-0.1, -0.05) is 19.0 Å². The van der Waals surface area contributed by atoms with Gasteiger partial charge < -0.3 is 14.2 Å². The van der Waals surface area contributed by atoms with E-state index in [9.17, 15) is 8.42 Å². The van der Waals surface area contributed by atoms with Crippen LogP contribution in [-0.2, 0) is 9.84 Å². The lowest BCUT2D eigenvalue weighted by Crippen LogP contribution is -2.51. The summed E-state index contributed by atoms with van der Waals surface area (Å²) in [5.74, 6) is 2.33. The molecule has 1 saturated heterocycles. The summed E-state index contributed by atoms with van der Waals surface area (Å²) in [6, 6.07) is 8.00. The first-order valence-corrected chi connectivity index (χ1v) is 13.4. The minimum atomic E-state index is -3.17. The van der Waals surface area contributed by atoms with Crippen LogP contribution in [0.1, 0.15) is 51.3 Å². The Balaban J connectivity index is 1.19. The average molecular weight is 463 g/mol. The van der Waals surface area contributed by atoms with Crippen molar-refractivity contribution in [2.24, 2.45) is 5.92 Å². The van der Waals surface area contributed by atoms with Gasteiger partial charge in [-0.2, -0.15) is 4.98 Å². The molecule has 0 unspecified atom stereocenters. The third kappa shape index (κ3) is 5.61. The van der Waals surface area contributed by atoms with Crippen molar-refractivity contribution in [3.05, 3.63) is 30.1 Å². The number of hydrogen-bond donors (Lipinski definition) is 0. The van der Waals surface area contributed by atoms with Gasteiger partial charge in [-0.25, -0.2) is 8.42 Å². The summed E-state index contributed by atoms with van der Waals surface area (Å²) in [6.45, 7) is 8.73. The van der Waals surface area contributed by atoms with E-state index in [-0.39, 0.29) is 5.92 Å². The molecule has 2 heterocycles. The number of ether oxygens (including phenoxy) is 1. The molecule has 1 aromatic carbocycles. The summed E-state index contributed by atoms with van der Waals surface area (Å²) in [7, 11) is -3.17. The lowest BCUT2D eigenvalue weighted by molar-refractivity contribution is 0.110. The van der Waals surface area contributed by atoms with E-state index in [0.29, 0.717) is 29.5 Å². The maximum Gasteiger partial charge on any atom is 0.324 e. The Morgan fingerprint density at radius 1 is 1.06 bits per heavy atom. The number of benzene rings is 1. The van der Waals surface area contributed by atoms with Crippen molar-refractivity contribution in [3.8, 4) is 5.75 Å². The summed E-state index contributed by atoms with van der Waals surface area (Å²) in [5, 5.41) is 4.08. The Morgan fingerprint density at radius 3 is 2.28 bits per heavy atom. The number of aromatic nitrogens is 2. The van der Waals surface area contributed by atoms with Gasteiger partial charge in [-0.05, 0) is 55.9 Å². The van der Waals surface area contributed by atoms with E-state index in [1.807, 2.05) is 0 Å². The Bertz CT molecular complexity index is 974. The van der Waals surface area contributed by atoms with Gasteiger partial charge in [0.15, 0.2) is 15.7 Å². The van der Waals surface area contributed by atoms with Crippen LogP contribution in [0.2, 0.25) is 0 Å². The van der Waals surface area contributed by atoms with Crippen molar-refractivity contribution < 1.29 is 17.7 Å². The molecule has 1 aliphatic heterocycles. The van der Waals surface area contributed by atoms with Gasteiger partial charge in [0, 0.05) is 44.4 Å². The highest BCUT2D eigenvalue weighted by atomic mass is 32.2. The first-order chi connectivity index (χ1) is 15.3. The normalized spacial score (nSPS) is 22.9. The topological polar surface area (TPSA) is 88.8 Å². The number of anilines is 1. The van der Waals surface area contributed by atoms with E-state index in [0.717, 1.165) is 50.6 Å². The lowest BCUT2D eigenvalue weighted by Gasteiger charge is -2.41. The SMILES string of the molecule is CC(C)c1noc(N2CCN(C3CCC(COc4ccc(S(C)(=O)=O)cc4)CC3)CC2)n1. The smallest absolute Gasteiger partial charge is 0.324 e. The second kappa shape index (κ2) is 9.79. The maximum atomic E-state index is 11.6. The molecule has 9 heteroatoms. The number of sulfone groups is 1. The molecule has 2 aromatic rings. The van der Waals surface area contributed by atoms with E-state index in [4.69, 9.17) is 9.26 Å². The first-order valence-electron chi connectivity index (χ1n) is 11.5. The zero-order valence-corrected chi connectivity index (χ0v) is 20.1.